The number of halogens is 1. The molecule has 0 aliphatic heterocycles. The highest BCUT2D eigenvalue weighted by Gasteiger charge is 2.06. The number of hydrogen-bond donors (Lipinski definition) is 0. The van der Waals surface area contributed by atoms with Crippen molar-refractivity contribution in [2.45, 2.75) is 0 Å². The van der Waals surface area contributed by atoms with Gasteiger partial charge in [-0.05, 0) is 28.1 Å². The number of para-hydroxylation sites is 1. The van der Waals surface area contributed by atoms with Gasteiger partial charge in [0.25, 0.3) is 0 Å². The molecule has 0 atom stereocenters. The molecule has 2 heteroatoms. The molecule has 0 saturated carbocycles. The molecule has 0 unspecified atom stereocenters. The second kappa shape index (κ2) is 4.30. The number of hydrogen-bond acceptors (Lipinski definition) is 1. The van der Waals surface area contributed by atoms with Crippen LogP contribution in [0.4, 0.5) is 0 Å². The van der Waals surface area contributed by atoms with Gasteiger partial charge in [0.2, 0.25) is 0 Å². The monoisotopic (exact) mass is 283 g/mol. The highest BCUT2D eigenvalue weighted by Crippen LogP contribution is 2.29. The Balaban J connectivity index is 2.27. The van der Waals surface area contributed by atoms with Crippen molar-refractivity contribution in [2.24, 2.45) is 0 Å². The van der Waals surface area contributed by atoms with Gasteiger partial charge in [0, 0.05) is 15.4 Å². The molecule has 0 bridgehead atoms. The van der Waals surface area contributed by atoms with Crippen molar-refractivity contribution >= 4 is 26.8 Å². The fourth-order valence-electron chi connectivity index (χ4n) is 1.89. The van der Waals surface area contributed by atoms with Gasteiger partial charge in [-0.3, -0.25) is 0 Å². The van der Waals surface area contributed by atoms with Gasteiger partial charge < -0.3 is 0 Å². The number of rotatable bonds is 1. The van der Waals surface area contributed by atoms with Crippen LogP contribution in [0.1, 0.15) is 0 Å². The summed E-state index contributed by atoms with van der Waals surface area (Å²) in [6.07, 6.45) is 0. The van der Waals surface area contributed by atoms with Crippen LogP contribution in [0.5, 0.6) is 0 Å². The highest BCUT2D eigenvalue weighted by molar-refractivity contribution is 9.10. The summed E-state index contributed by atoms with van der Waals surface area (Å²) in [7, 11) is 0. The maximum atomic E-state index is 4.70. The maximum absolute atomic E-state index is 4.70. The fraction of sp³-hybridized carbons (Fsp3) is 0. The first-order valence-electron chi connectivity index (χ1n) is 5.45. The Morgan fingerprint density at radius 1 is 0.824 bits per heavy atom. The molecule has 3 aromatic rings. The van der Waals surface area contributed by atoms with Crippen molar-refractivity contribution in [3.05, 3.63) is 65.1 Å². The number of aromatic nitrogens is 1. The van der Waals surface area contributed by atoms with Crippen LogP contribution in [0.25, 0.3) is 22.2 Å². The van der Waals surface area contributed by atoms with Crippen molar-refractivity contribution in [3.8, 4) is 11.3 Å². The molecule has 3 rings (SSSR count). The van der Waals surface area contributed by atoms with Crippen molar-refractivity contribution in [3.63, 3.8) is 0 Å². The number of pyridine rings is 1. The van der Waals surface area contributed by atoms with E-state index < -0.39 is 0 Å². The largest absolute Gasteiger partial charge is 0.247 e. The van der Waals surface area contributed by atoms with Gasteiger partial charge in [-0.2, -0.15) is 0 Å². The van der Waals surface area contributed by atoms with Gasteiger partial charge in [0.05, 0.1) is 11.2 Å². The molecule has 1 nitrogen and oxygen atoms in total. The van der Waals surface area contributed by atoms with E-state index in [0.29, 0.717) is 0 Å². The molecular formula is C15H10BrN. The summed E-state index contributed by atoms with van der Waals surface area (Å²) < 4.78 is 1.03. The average Bonchev–Trinajstić information content (AvgIpc) is 2.39. The van der Waals surface area contributed by atoms with E-state index in [4.69, 9.17) is 4.98 Å². The Hall–Kier alpha value is -1.67. The van der Waals surface area contributed by atoms with Gasteiger partial charge >= 0.3 is 0 Å². The molecule has 0 amide bonds. The number of fused-ring (bicyclic) bond motifs is 1. The molecule has 0 radical (unpaired) electrons. The van der Waals surface area contributed by atoms with Gasteiger partial charge in [-0.25, -0.2) is 4.98 Å². The van der Waals surface area contributed by atoms with Gasteiger partial charge in [0.15, 0.2) is 0 Å². The van der Waals surface area contributed by atoms with E-state index in [9.17, 15) is 0 Å². The zero-order valence-electron chi connectivity index (χ0n) is 9.10. The minimum absolute atomic E-state index is 0.990. The number of benzene rings is 2. The van der Waals surface area contributed by atoms with Crippen LogP contribution in [-0.2, 0) is 0 Å². The van der Waals surface area contributed by atoms with Crippen molar-refractivity contribution in [1.82, 2.24) is 4.98 Å². The van der Waals surface area contributed by atoms with E-state index in [-0.39, 0.29) is 0 Å². The lowest BCUT2D eigenvalue weighted by Gasteiger charge is -2.06. The van der Waals surface area contributed by atoms with Crippen LogP contribution >= 0.6 is 15.9 Å². The fourth-order valence-corrected chi connectivity index (χ4v) is 2.45. The van der Waals surface area contributed by atoms with Crippen LogP contribution in [0.15, 0.2) is 65.1 Å². The third-order valence-electron chi connectivity index (χ3n) is 2.72. The quantitative estimate of drug-likeness (QED) is 0.633. The first-order valence-corrected chi connectivity index (χ1v) is 6.24. The molecule has 1 heterocycles. The lowest BCUT2D eigenvalue weighted by molar-refractivity contribution is 1.38. The van der Waals surface area contributed by atoms with E-state index >= 15 is 0 Å². The lowest BCUT2D eigenvalue weighted by Crippen LogP contribution is -1.87. The molecule has 0 aliphatic carbocycles. The summed E-state index contributed by atoms with van der Waals surface area (Å²) in [4.78, 5) is 4.70. The summed E-state index contributed by atoms with van der Waals surface area (Å²) in [5, 5.41) is 1.15. The lowest BCUT2D eigenvalue weighted by atomic mass is 10.1. The predicted molar refractivity (Wildman–Crippen MR) is 74.9 cm³/mol. The molecule has 2 aromatic carbocycles. The molecule has 0 aliphatic rings. The second-order valence-corrected chi connectivity index (χ2v) is 4.73. The van der Waals surface area contributed by atoms with Crippen molar-refractivity contribution < 1.29 is 0 Å². The molecule has 1 aromatic heterocycles. The Morgan fingerprint density at radius 2 is 1.53 bits per heavy atom. The Bertz CT molecular complexity index is 662. The van der Waals surface area contributed by atoms with Gasteiger partial charge in [0.1, 0.15) is 0 Å². The Kier molecular flexibility index (Phi) is 2.65. The van der Waals surface area contributed by atoms with Gasteiger partial charge in [-0.1, -0.05) is 48.5 Å². The van der Waals surface area contributed by atoms with E-state index in [1.165, 1.54) is 0 Å². The van der Waals surface area contributed by atoms with E-state index in [2.05, 4.69) is 40.2 Å². The third-order valence-corrected chi connectivity index (χ3v) is 3.33. The Labute approximate surface area is 108 Å². The normalized spacial score (nSPS) is 10.6. The minimum Gasteiger partial charge on any atom is -0.247 e. The summed E-state index contributed by atoms with van der Waals surface area (Å²) in [5.74, 6) is 0. The number of nitrogens with zero attached hydrogens (tertiary/aromatic N) is 1. The van der Waals surface area contributed by atoms with E-state index in [0.717, 1.165) is 26.6 Å². The molecule has 0 spiro atoms. The third kappa shape index (κ3) is 1.96. The van der Waals surface area contributed by atoms with Gasteiger partial charge in [-0.15, -0.1) is 0 Å². The SMILES string of the molecule is Brc1cc2ccccc2nc1-c1ccccc1. The molecule has 0 saturated heterocycles. The molecular weight excluding hydrogens is 274 g/mol. The first kappa shape index (κ1) is 10.5. The Morgan fingerprint density at radius 3 is 2.35 bits per heavy atom. The minimum atomic E-state index is 0.990. The topological polar surface area (TPSA) is 12.9 Å². The van der Waals surface area contributed by atoms with Crippen LogP contribution in [0.2, 0.25) is 0 Å². The summed E-state index contributed by atoms with van der Waals surface area (Å²) in [6, 6.07) is 20.5. The molecule has 17 heavy (non-hydrogen) atoms. The van der Waals surface area contributed by atoms with Crippen LogP contribution in [0, 0.1) is 0 Å². The van der Waals surface area contributed by atoms with Crippen molar-refractivity contribution in [2.75, 3.05) is 0 Å². The molecule has 0 fully saturated rings. The first-order chi connectivity index (χ1) is 8.34. The zero-order valence-corrected chi connectivity index (χ0v) is 10.7. The van der Waals surface area contributed by atoms with Crippen LogP contribution in [0.3, 0.4) is 0 Å². The van der Waals surface area contributed by atoms with E-state index in [1.54, 1.807) is 0 Å². The van der Waals surface area contributed by atoms with Crippen molar-refractivity contribution in [1.29, 1.82) is 0 Å². The zero-order chi connectivity index (χ0) is 11.7. The summed E-state index contributed by atoms with van der Waals surface area (Å²) >= 11 is 3.59. The van der Waals surface area contributed by atoms with E-state index in [1.807, 2.05) is 36.4 Å². The standard InChI is InChI=1S/C15H10BrN/c16-13-10-12-8-4-5-9-14(12)17-15(13)11-6-2-1-3-7-11/h1-10H. The second-order valence-electron chi connectivity index (χ2n) is 3.88. The molecule has 0 N–H and O–H groups in total. The summed E-state index contributed by atoms with van der Waals surface area (Å²) in [5.41, 5.74) is 3.14. The average molecular weight is 284 g/mol. The van der Waals surface area contributed by atoms with Crippen LogP contribution < -0.4 is 0 Å². The van der Waals surface area contributed by atoms with Crippen LogP contribution in [-0.4, -0.2) is 4.98 Å². The smallest absolute Gasteiger partial charge is 0.0851 e. The molecule has 82 valence electrons. The predicted octanol–water partition coefficient (Wildman–Crippen LogP) is 4.66. The summed E-state index contributed by atoms with van der Waals surface area (Å²) in [6.45, 7) is 0. The highest BCUT2D eigenvalue weighted by atomic mass is 79.9. The maximum Gasteiger partial charge on any atom is 0.0851 e.